The molecule has 2 heterocycles. The van der Waals surface area contributed by atoms with Gasteiger partial charge in [0.25, 0.3) is 5.91 Å². The zero-order chi connectivity index (χ0) is 18.6. The van der Waals surface area contributed by atoms with Crippen molar-refractivity contribution in [3.63, 3.8) is 0 Å². The average Bonchev–Trinajstić information content (AvgIpc) is 3.11. The number of benzene rings is 2. The van der Waals surface area contributed by atoms with Crippen LogP contribution in [0.15, 0.2) is 48.5 Å². The van der Waals surface area contributed by atoms with Crippen LogP contribution in [0.4, 0.5) is 5.13 Å². The summed E-state index contributed by atoms with van der Waals surface area (Å²) < 4.78 is 1.08. The van der Waals surface area contributed by atoms with Crippen molar-refractivity contribution in [1.29, 1.82) is 0 Å². The molecule has 0 radical (unpaired) electrons. The van der Waals surface area contributed by atoms with Crippen molar-refractivity contribution < 1.29 is 4.79 Å². The molecule has 0 bridgehead atoms. The first-order valence-corrected chi connectivity index (χ1v) is 10.2. The largest absolute Gasteiger partial charge is 0.301 e. The van der Waals surface area contributed by atoms with Crippen LogP contribution in [0.5, 0.6) is 0 Å². The van der Waals surface area contributed by atoms with Gasteiger partial charge in [-0.05, 0) is 36.4 Å². The van der Waals surface area contributed by atoms with Crippen molar-refractivity contribution in [2.24, 2.45) is 0 Å². The molecule has 140 valence electrons. The Kier molecular flexibility index (Phi) is 5.48. The Morgan fingerprint density at radius 1 is 1.04 bits per heavy atom. The van der Waals surface area contributed by atoms with E-state index in [9.17, 15) is 4.79 Å². The quantitative estimate of drug-likeness (QED) is 0.733. The molecule has 1 aliphatic heterocycles. The fraction of sp³-hybridized carbons (Fsp3) is 0.333. The lowest BCUT2D eigenvalue weighted by Gasteiger charge is -2.34. The van der Waals surface area contributed by atoms with Crippen LogP contribution in [0.1, 0.15) is 22.8 Å². The van der Waals surface area contributed by atoms with E-state index >= 15 is 0 Å². The number of hydrogen-bond acceptors (Lipinski definition) is 5. The van der Waals surface area contributed by atoms with Gasteiger partial charge in [-0.15, -0.1) is 0 Å². The standard InChI is InChI=1S/C21H24N4OS/c1-2-24-11-13-25(14-12-24)15-16-7-9-17(10-8-16)20(26)23-21-22-18-5-3-4-6-19(18)27-21/h3-10H,2,11-15H2,1H3,(H,22,23,26). The molecular formula is C21H24N4OS. The minimum absolute atomic E-state index is 0.114. The summed E-state index contributed by atoms with van der Waals surface area (Å²) in [6.07, 6.45) is 0. The van der Waals surface area contributed by atoms with Crippen LogP contribution >= 0.6 is 11.3 Å². The highest BCUT2D eigenvalue weighted by atomic mass is 32.1. The molecule has 1 fully saturated rings. The number of nitrogens with zero attached hydrogens (tertiary/aromatic N) is 3. The van der Waals surface area contributed by atoms with Gasteiger partial charge in [-0.1, -0.05) is 42.5 Å². The van der Waals surface area contributed by atoms with E-state index in [0.29, 0.717) is 10.7 Å². The lowest BCUT2D eigenvalue weighted by Crippen LogP contribution is -2.45. The molecule has 27 heavy (non-hydrogen) atoms. The summed E-state index contributed by atoms with van der Waals surface area (Å²) in [6.45, 7) is 8.77. The van der Waals surface area contributed by atoms with Gasteiger partial charge in [-0.25, -0.2) is 4.98 Å². The molecule has 4 rings (SSSR count). The van der Waals surface area contributed by atoms with Crippen molar-refractivity contribution >= 4 is 32.6 Å². The van der Waals surface area contributed by atoms with Gasteiger partial charge in [0.05, 0.1) is 10.2 Å². The van der Waals surface area contributed by atoms with E-state index in [4.69, 9.17) is 0 Å². The highest BCUT2D eigenvalue weighted by molar-refractivity contribution is 7.22. The van der Waals surface area contributed by atoms with Crippen molar-refractivity contribution in [3.8, 4) is 0 Å². The third kappa shape index (κ3) is 4.35. The van der Waals surface area contributed by atoms with Gasteiger partial charge in [0.15, 0.2) is 5.13 Å². The fourth-order valence-corrected chi connectivity index (χ4v) is 4.24. The minimum atomic E-state index is -0.114. The van der Waals surface area contributed by atoms with Crippen LogP contribution in [0.25, 0.3) is 10.2 Å². The molecular weight excluding hydrogens is 356 g/mol. The van der Waals surface area contributed by atoms with Crippen molar-refractivity contribution in [3.05, 3.63) is 59.7 Å². The SMILES string of the molecule is CCN1CCN(Cc2ccc(C(=O)Nc3nc4ccccc4s3)cc2)CC1. The number of hydrogen-bond donors (Lipinski definition) is 1. The molecule has 5 nitrogen and oxygen atoms in total. The van der Waals surface area contributed by atoms with Crippen LogP contribution in [0.3, 0.4) is 0 Å². The predicted molar refractivity (Wildman–Crippen MR) is 111 cm³/mol. The summed E-state index contributed by atoms with van der Waals surface area (Å²) in [4.78, 5) is 21.9. The number of nitrogens with one attached hydrogen (secondary N) is 1. The summed E-state index contributed by atoms with van der Waals surface area (Å²) in [7, 11) is 0. The number of anilines is 1. The normalized spacial score (nSPS) is 15.9. The maximum atomic E-state index is 12.5. The molecule has 1 saturated heterocycles. The third-order valence-electron chi connectivity index (χ3n) is 5.05. The molecule has 0 atom stereocenters. The third-order valence-corrected chi connectivity index (χ3v) is 6.00. The maximum absolute atomic E-state index is 12.5. The van der Waals surface area contributed by atoms with Gasteiger partial charge in [-0.2, -0.15) is 0 Å². The van der Waals surface area contributed by atoms with Gasteiger partial charge in [0, 0.05) is 38.3 Å². The highest BCUT2D eigenvalue weighted by Crippen LogP contribution is 2.25. The zero-order valence-electron chi connectivity index (χ0n) is 15.5. The van der Waals surface area contributed by atoms with Crippen LogP contribution in [0.2, 0.25) is 0 Å². The number of amides is 1. The Balaban J connectivity index is 1.36. The van der Waals surface area contributed by atoms with Gasteiger partial charge in [-0.3, -0.25) is 15.0 Å². The number of rotatable bonds is 5. The molecule has 2 aromatic carbocycles. The summed E-state index contributed by atoms with van der Waals surface area (Å²) in [6, 6.07) is 15.8. The Morgan fingerprint density at radius 3 is 2.44 bits per heavy atom. The molecule has 0 unspecified atom stereocenters. The van der Waals surface area contributed by atoms with Crippen LogP contribution in [0, 0.1) is 0 Å². The van der Waals surface area contributed by atoms with Gasteiger partial charge < -0.3 is 4.90 Å². The first-order chi connectivity index (χ1) is 13.2. The first kappa shape index (κ1) is 18.1. The fourth-order valence-electron chi connectivity index (χ4n) is 3.38. The highest BCUT2D eigenvalue weighted by Gasteiger charge is 2.16. The number of piperazine rings is 1. The second-order valence-electron chi connectivity index (χ2n) is 6.85. The first-order valence-electron chi connectivity index (χ1n) is 9.42. The number of fused-ring (bicyclic) bond motifs is 1. The summed E-state index contributed by atoms with van der Waals surface area (Å²) >= 11 is 1.49. The van der Waals surface area contributed by atoms with E-state index in [0.717, 1.165) is 49.5 Å². The van der Waals surface area contributed by atoms with Crippen LogP contribution in [-0.4, -0.2) is 53.4 Å². The van der Waals surface area contributed by atoms with Gasteiger partial charge in [0.1, 0.15) is 0 Å². The monoisotopic (exact) mass is 380 g/mol. The molecule has 0 spiro atoms. The van der Waals surface area contributed by atoms with E-state index in [1.807, 2.05) is 36.4 Å². The zero-order valence-corrected chi connectivity index (χ0v) is 16.3. The lowest BCUT2D eigenvalue weighted by atomic mass is 10.1. The average molecular weight is 381 g/mol. The smallest absolute Gasteiger partial charge is 0.257 e. The Morgan fingerprint density at radius 2 is 1.74 bits per heavy atom. The predicted octanol–water partition coefficient (Wildman–Crippen LogP) is 3.69. The second kappa shape index (κ2) is 8.17. The van der Waals surface area contributed by atoms with Crippen molar-refractivity contribution in [2.75, 3.05) is 38.0 Å². The Labute approximate surface area is 163 Å². The summed E-state index contributed by atoms with van der Waals surface area (Å²) in [5, 5.41) is 3.55. The Hall–Kier alpha value is -2.28. The molecule has 0 saturated carbocycles. The summed E-state index contributed by atoms with van der Waals surface area (Å²) in [5.74, 6) is -0.114. The number of likely N-dealkylation sites (N-methyl/N-ethyl adjacent to an activating group) is 1. The van der Waals surface area contributed by atoms with Crippen molar-refractivity contribution in [2.45, 2.75) is 13.5 Å². The van der Waals surface area contributed by atoms with Crippen LogP contribution < -0.4 is 5.32 Å². The molecule has 1 N–H and O–H groups in total. The van der Waals surface area contributed by atoms with Gasteiger partial charge in [0.2, 0.25) is 0 Å². The number of thiazole rings is 1. The summed E-state index contributed by atoms with van der Waals surface area (Å²) in [5.41, 5.74) is 2.82. The van der Waals surface area contributed by atoms with E-state index < -0.39 is 0 Å². The van der Waals surface area contributed by atoms with Crippen LogP contribution in [-0.2, 0) is 6.54 Å². The number of carbonyl (C=O) groups excluding carboxylic acids is 1. The van der Waals surface area contributed by atoms with E-state index in [1.165, 1.54) is 16.9 Å². The lowest BCUT2D eigenvalue weighted by molar-refractivity contribution is 0.102. The molecule has 3 aromatic rings. The Bertz CT molecular complexity index is 880. The number of para-hydroxylation sites is 1. The van der Waals surface area contributed by atoms with Gasteiger partial charge >= 0.3 is 0 Å². The number of carbonyl (C=O) groups is 1. The second-order valence-corrected chi connectivity index (χ2v) is 7.88. The van der Waals surface area contributed by atoms with E-state index in [-0.39, 0.29) is 5.91 Å². The molecule has 1 aromatic heterocycles. The molecule has 0 aliphatic carbocycles. The van der Waals surface area contributed by atoms with E-state index in [2.05, 4.69) is 39.2 Å². The number of aromatic nitrogens is 1. The topological polar surface area (TPSA) is 48.5 Å². The minimum Gasteiger partial charge on any atom is -0.301 e. The maximum Gasteiger partial charge on any atom is 0.257 e. The molecule has 6 heteroatoms. The molecule has 1 aliphatic rings. The van der Waals surface area contributed by atoms with Crippen molar-refractivity contribution in [1.82, 2.24) is 14.8 Å². The van der Waals surface area contributed by atoms with E-state index in [1.54, 1.807) is 0 Å². The molecule has 1 amide bonds.